The van der Waals surface area contributed by atoms with Gasteiger partial charge >= 0.3 is 0 Å². The van der Waals surface area contributed by atoms with Crippen LogP contribution < -0.4 is 5.32 Å². The van der Waals surface area contributed by atoms with E-state index in [0.29, 0.717) is 23.2 Å². The van der Waals surface area contributed by atoms with Gasteiger partial charge in [0.2, 0.25) is 11.7 Å². The number of nitrogens with one attached hydrogen (secondary N) is 1. The molecule has 106 valence electrons. The fraction of sp³-hybridized carbons (Fsp3) is 0.467. The minimum absolute atomic E-state index is 0.105. The number of aromatic nitrogens is 2. The van der Waals surface area contributed by atoms with Crippen molar-refractivity contribution in [1.82, 2.24) is 15.5 Å². The lowest BCUT2D eigenvalue weighted by Gasteiger charge is -2.25. The zero-order chi connectivity index (χ0) is 14.1. The van der Waals surface area contributed by atoms with Crippen LogP contribution in [0, 0.1) is 18.7 Å². The Morgan fingerprint density at radius 2 is 2.25 bits per heavy atom. The van der Waals surface area contributed by atoms with Crippen LogP contribution in [0.4, 0.5) is 4.39 Å². The summed E-state index contributed by atoms with van der Waals surface area (Å²) in [5, 5.41) is 7.38. The minimum atomic E-state index is -0.290. The molecule has 2 atom stereocenters. The highest BCUT2D eigenvalue weighted by molar-refractivity contribution is 5.59. The van der Waals surface area contributed by atoms with Gasteiger partial charge in [-0.15, -0.1) is 0 Å². The summed E-state index contributed by atoms with van der Waals surface area (Å²) in [4.78, 5) is 4.43. The summed E-state index contributed by atoms with van der Waals surface area (Å²) in [5.74, 6) is 1.40. The fourth-order valence-electron chi connectivity index (χ4n) is 2.62. The normalized spacial score (nSPS) is 22.9. The summed E-state index contributed by atoms with van der Waals surface area (Å²) in [7, 11) is 0. The zero-order valence-corrected chi connectivity index (χ0v) is 11.7. The molecule has 1 aliphatic heterocycles. The highest BCUT2D eigenvalue weighted by Gasteiger charge is 2.25. The molecular formula is C15H18FN3O. The quantitative estimate of drug-likeness (QED) is 0.914. The average Bonchev–Trinajstić information content (AvgIpc) is 2.91. The first kappa shape index (κ1) is 13.2. The van der Waals surface area contributed by atoms with Crippen molar-refractivity contribution in [2.45, 2.75) is 32.7 Å². The molecule has 2 heterocycles. The summed E-state index contributed by atoms with van der Waals surface area (Å²) < 4.78 is 18.7. The Bertz CT molecular complexity index is 611. The molecule has 3 rings (SSSR count). The van der Waals surface area contributed by atoms with Gasteiger partial charge in [0.25, 0.3) is 0 Å². The third-order valence-corrected chi connectivity index (χ3v) is 3.85. The highest BCUT2D eigenvalue weighted by Crippen LogP contribution is 2.28. The Kier molecular flexibility index (Phi) is 3.53. The SMILES string of the molecule is Cc1ccc(F)cc1-c1noc(C2CC(C)CCN2)n1. The van der Waals surface area contributed by atoms with E-state index < -0.39 is 0 Å². The number of nitrogens with zero attached hydrogens (tertiary/aromatic N) is 2. The van der Waals surface area contributed by atoms with Gasteiger partial charge in [-0.2, -0.15) is 4.98 Å². The molecule has 4 nitrogen and oxygen atoms in total. The molecule has 20 heavy (non-hydrogen) atoms. The first-order chi connectivity index (χ1) is 9.63. The highest BCUT2D eigenvalue weighted by atomic mass is 19.1. The van der Waals surface area contributed by atoms with Crippen LogP contribution in [-0.4, -0.2) is 16.7 Å². The molecule has 5 heteroatoms. The lowest BCUT2D eigenvalue weighted by Crippen LogP contribution is -2.30. The lowest BCUT2D eigenvalue weighted by molar-refractivity contribution is 0.260. The number of hydrogen-bond acceptors (Lipinski definition) is 4. The van der Waals surface area contributed by atoms with Crippen molar-refractivity contribution in [1.29, 1.82) is 0 Å². The van der Waals surface area contributed by atoms with E-state index in [0.717, 1.165) is 18.5 Å². The van der Waals surface area contributed by atoms with Gasteiger partial charge in [-0.1, -0.05) is 18.1 Å². The topological polar surface area (TPSA) is 51.0 Å². The van der Waals surface area contributed by atoms with E-state index in [1.807, 2.05) is 6.92 Å². The molecule has 1 saturated heterocycles. The second kappa shape index (κ2) is 5.32. The standard InChI is InChI=1S/C15H18FN3O/c1-9-5-6-17-13(7-9)15-18-14(19-20-15)12-8-11(16)4-3-10(12)2/h3-4,8-9,13,17H,5-7H2,1-2H3. The Morgan fingerprint density at radius 1 is 1.40 bits per heavy atom. The molecule has 1 N–H and O–H groups in total. The molecule has 1 aromatic heterocycles. The van der Waals surface area contributed by atoms with Gasteiger partial charge in [0.1, 0.15) is 5.82 Å². The lowest BCUT2D eigenvalue weighted by atomic mass is 9.94. The first-order valence-electron chi connectivity index (χ1n) is 6.97. The van der Waals surface area contributed by atoms with Crippen LogP contribution in [0.1, 0.15) is 37.3 Å². The van der Waals surface area contributed by atoms with Crippen molar-refractivity contribution in [2.24, 2.45) is 5.92 Å². The number of hydrogen-bond donors (Lipinski definition) is 1. The van der Waals surface area contributed by atoms with E-state index in [-0.39, 0.29) is 11.9 Å². The molecule has 0 aliphatic carbocycles. The molecule has 1 aliphatic rings. The van der Waals surface area contributed by atoms with Crippen molar-refractivity contribution < 1.29 is 8.91 Å². The van der Waals surface area contributed by atoms with E-state index in [1.54, 1.807) is 6.07 Å². The maximum Gasteiger partial charge on any atom is 0.244 e. The summed E-state index contributed by atoms with van der Waals surface area (Å²) in [6.07, 6.45) is 2.16. The van der Waals surface area contributed by atoms with E-state index in [2.05, 4.69) is 22.4 Å². The van der Waals surface area contributed by atoms with Gasteiger partial charge in [0, 0.05) is 5.56 Å². The third-order valence-electron chi connectivity index (χ3n) is 3.85. The summed E-state index contributed by atoms with van der Waals surface area (Å²) in [5.41, 5.74) is 1.62. The number of benzene rings is 1. The Hall–Kier alpha value is -1.75. The summed E-state index contributed by atoms with van der Waals surface area (Å²) >= 11 is 0. The molecule has 0 saturated carbocycles. The maximum absolute atomic E-state index is 13.3. The molecule has 1 fully saturated rings. The van der Waals surface area contributed by atoms with Crippen molar-refractivity contribution in [3.8, 4) is 11.4 Å². The van der Waals surface area contributed by atoms with Gasteiger partial charge in [0.15, 0.2) is 0 Å². The van der Waals surface area contributed by atoms with Gasteiger partial charge in [-0.05, 0) is 49.9 Å². The molecule has 0 bridgehead atoms. The second-order valence-electron chi connectivity index (χ2n) is 5.55. The van der Waals surface area contributed by atoms with Gasteiger partial charge in [-0.3, -0.25) is 0 Å². The Labute approximate surface area is 117 Å². The molecule has 0 amide bonds. The van der Waals surface area contributed by atoms with E-state index in [9.17, 15) is 4.39 Å². The van der Waals surface area contributed by atoms with Gasteiger partial charge < -0.3 is 9.84 Å². The van der Waals surface area contributed by atoms with E-state index in [4.69, 9.17) is 4.52 Å². The largest absolute Gasteiger partial charge is 0.337 e. The predicted molar refractivity (Wildman–Crippen MR) is 73.6 cm³/mol. The van der Waals surface area contributed by atoms with Crippen molar-refractivity contribution in [3.05, 3.63) is 35.5 Å². The Morgan fingerprint density at radius 3 is 3.05 bits per heavy atom. The minimum Gasteiger partial charge on any atom is -0.337 e. The van der Waals surface area contributed by atoms with Crippen LogP contribution in [0.2, 0.25) is 0 Å². The van der Waals surface area contributed by atoms with Crippen LogP contribution in [0.5, 0.6) is 0 Å². The van der Waals surface area contributed by atoms with E-state index >= 15 is 0 Å². The number of halogens is 1. The van der Waals surface area contributed by atoms with Gasteiger partial charge in [-0.25, -0.2) is 4.39 Å². The summed E-state index contributed by atoms with van der Waals surface area (Å²) in [6.45, 7) is 5.09. The molecule has 0 spiro atoms. The predicted octanol–water partition coefficient (Wildman–Crippen LogP) is 3.24. The average molecular weight is 275 g/mol. The zero-order valence-electron chi connectivity index (χ0n) is 11.7. The van der Waals surface area contributed by atoms with E-state index in [1.165, 1.54) is 18.6 Å². The fourth-order valence-corrected chi connectivity index (χ4v) is 2.62. The monoisotopic (exact) mass is 275 g/mol. The molecule has 0 radical (unpaired) electrons. The number of aryl methyl sites for hydroxylation is 1. The molecule has 2 aromatic rings. The smallest absolute Gasteiger partial charge is 0.244 e. The van der Waals surface area contributed by atoms with Crippen LogP contribution in [0.25, 0.3) is 11.4 Å². The molecule has 2 unspecified atom stereocenters. The third kappa shape index (κ3) is 2.58. The van der Waals surface area contributed by atoms with Crippen molar-refractivity contribution in [2.75, 3.05) is 6.54 Å². The maximum atomic E-state index is 13.3. The molecular weight excluding hydrogens is 257 g/mol. The second-order valence-corrected chi connectivity index (χ2v) is 5.55. The van der Waals surface area contributed by atoms with Crippen LogP contribution in [0.15, 0.2) is 22.7 Å². The van der Waals surface area contributed by atoms with Crippen molar-refractivity contribution in [3.63, 3.8) is 0 Å². The van der Waals surface area contributed by atoms with Gasteiger partial charge in [0.05, 0.1) is 6.04 Å². The van der Waals surface area contributed by atoms with Crippen LogP contribution in [-0.2, 0) is 0 Å². The summed E-state index contributed by atoms with van der Waals surface area (Å²) in [6, 6.07) is 4.71. The first-order valence-corrected chi connectivity index (χ1v) is 6.97. The number of rotatable bonds is 2. The van der Waals surface area contributed by atoms with Crippen LogP contribution in [0.3, 0.4) is 0 Å². The van der Waals surface area contributed by atoms with Crippen molar-refractivity contribution >= 4 is 0 Å². The number of piperidine rings is 1. The molecule has 1 aromatic carbocycles. The van der Waals surface area contributed by atoms with Crippen LogP contribution >= 0.6 is 0 Å². The Balaban J connectivity index is 1.88.